The van der Waals surface area contributed by atoms with Crippen molar-refractivity contribution in [2.45, 2.75) is 23.9 Å². The second kappa shape index (κ2) is 13.6. The fourth-order valence-corrected chi connectivity index (χ4v) is 10.9. The molecule has 0 fully saturated rings. The Morgan fingerprint density at radius 3 is 2.26 bits per heavy atom. The summed E-state index contributed by atoms with van der Waals surface area (Å²) in [5, 5.41) is 57.8. The van der Waals surface area contributed by atoms with Crippen LogP contribution in [0.5, 0.6) is 5.75 Å². The first kappa shape index (κ1) is 27.9. The molecule has 1 aromatic heterocycles. The van der Waals surface area contributed by atoms with Crippen molar-refractivity contribution in [1.82, 2.24) is 4.98 Å². The molecule has 0 saturated heterocycles. The second-order valence-corrected chi connectivity index (χ2v) is 16.0. The van der Waals surface area contributed by atoms with Crippen molar-refractivity contribution >= 4 is 69.5 Å². The number of carboxylic acid groups (broad SMARTS) is 1. The number of anilines is 1. The van der Waals surface area contributed by atoms with Crippen molar-refractivity contribution < 1.29 is 39.9 Å². The molecule has 35 heavy (non-hydrogen) atoms. The number of benzene rings is 2. The maximum atomic E-state index is 10.7. The van der Waals surface area contributed by atoms with Crippen molar-refractivity contribution in [3.63, 3.8) is 0 Å². The zero-order valence-corrected chi connectivity index (χ0v) is 23.1. The van der Waals surface area contributed by atoms with Gasteiger partial charge in [-0.3, -0.25) is 0 Å². The summed E-state index contributed by atoms with van der Waals surface area (Å²) in [5.41, 5.74) is 1.79. The van der Waals surface area contributed by atoms with Gasteiger partial charge >= 0.3 is 217 Å². The number of hydrogen-bond acceptors (Lipinski definition) is 10. The van der Waals surface area contributed by atoms with Crippen LogP contribution < -0.4 is 13.6 Å². The molecule has 6 N–H and O–H groups in total. The molecule has 3 rings (SSSR count). The number of thioether (sulfide) groups is 1. The van der Waals surface area contributed by atoms with E-state index in [1.54, 1.807) is 12.1 Å². The van der Waals surface area contributed by atoms with Crippen LogP contribution in [-0.4, -0.2) is 112 Å². The predicted octanol–water partition coefficient (Wildman–Crippen LogP) is -1.11. The number of aromatic nitrogens is 1. The Morgan fingerprint density at radius 1 is 1.03 bits per heavy atom. The van der Waals surface area contributed by atoms with E-state index in [0.29, 0.717) is 22.2 Å². The molecular formula is C22H26As2N2O8S. The number of hydrogen-bond donors (Lipinski definition) is 6. The summed E-state index contributed by atoms with van der Waals surface area (Å²) >= 11 is 0.838. The number of rotatable bonds is 13. The molecule has 188 valence electrons. The van der Waals surface area contributed by atoms with Gasteiger partial charge < -0.3 is 0 Å². The molecule has 0 spiro atoms. The number of nitrogens with zero attached hydrogens (tertiary/aromatic N) is 2. The second-order valence-electron chi connectivity index (χ2n) is 7.57. The third kappa shape index (κ3) is 8.43. The number of oxazole rings is 1. The average Bonchev–Trinajstić information content (AvgIpc) is 3.23. The molecule has 2 unspecified atom stereocenters. The van der Waals surface area contributed by atoms with E-state index in [9.17, 15) is 20.1 Å². The van der Waals surface area contributed by atoms with E-state index in [1.807, 2.05) is 24.3 Å². The van der Waals surface area contributed by atoms with Gasteiger partial charge in [0, 0.05) is 0 Å². The quantitative estimate of drug-likeness (QED) is 0.100. The van der Waals surface area contributed by atoms with Gasteiger partial charge in [0.2, 0.25) is 0 Å². The molecule has 2 aromatic carbocycles. The number of aliphatic hydroxyl groups is 4. The summed E-state index contributed by atoms with van der Waals surface area (Å²) < 4.78 is 7.91. The van der Waals surface area contributed by atoms with Gasteiger partial charge in [-0.1, -0.05) is 0 Å². The van der Waals surface area contributed by atoms with Crippen molar-refractivity contribution in [3.05, 3.63) is 36.4 Å². The number of aliphatic carboxylic acids is 1. The molecule has 0 saturated carbocycles. The molecule has 0 bridgehead atoms. The van der Waals surface area contributed by atoms with Crippen molar-refractivity contribution in [2.24, 2.45) is 0 Å². The molecule has 0 aliphatic carbocycles. The third-order valence-electron chi connectivity index (χ3n) is 4.76. The van der Waals surface area contributed by atoms with Gasteiger partial charge in [0.25, 0.3) is 0 Å². The van der Waals surface area contributed by atoms with Gasteiger partial charge in [-0.25, -0.2) is 0 Å². The number of carboxylic acids is 1. The van der Waals surface area contributed by atoms with Crippen LogP contribution in [0.2, 0.25) is 0 Å². The summed E-state index contributed by atoms with van der Waals surface area (Å²) in [6.45, 7) is -0.935. The Balaban J connectivity index is 1.73. The standard InChI is InChI=1S/C22H26As2N2O8S/c27-11-15(29)9-26(10-16(30)12-28)18-4-2-13(7-19(18)31)23-24-14-1-3-17-20(8-14)34-22(25-17)35-6-5-21(32)33/h1-4,7-8,15-16,27-31H,5-6,9-12H2,(H,32,33). The Hall–Kier alpha value is -1.71. The van der Waals surface area contributed by atoms with Crippen LogP contribution in [0.1, 0.15) is 6.42 Å². The van der Waals surface area contributed by atoms with Crippen LogP contribution in [0.15, 0.2) is 46.0 Å². The van der Waals surface area contributed by atoms with Crippen molar-refractivity contribution in [3.8, 4) is 5.75 Å². The van der Waals surface area contributed by atoms with Crippen LogP contribution in [0.25, 0.3) is 11.1 Å². The summed E-state index contributed by atoms with van der Waals surface area (Å²) in [6.07, 6.45) is -2.08. The maximum absolute atomic E-state index is 10.7. The molecule has 13 heteroatoms. The zero-order valence-electron chi connectivity index (χ0n) is 18.6. The SMILES string of the molecule is O=C(O)CCSc1nc2ccc([As]=[As]c3ccc(N(CC(O)CO)CC(O)CO)c(O)c3)cc2o1. The first-order valence-electron chi connectivity index (χ1n) is 10.6. The van der Waals surface area contributed by atoms with Crippen LogP contribution in [0.4, 0.5) is 5.69 Å². The zero-order chi connectivity index (χ0) is 25.4. The Morgan fingerprint density at radius 2 is 1.66 bits per heavy atom. The van der Waals surface area contributed by atoms with Crippen LogP contribution >= 0.6 is 11.8 Å². The molecule has 0 radical (unpaired) electrons. The van der Waals surface area contributed by atoms with Crippen LogP contribution in [0, 0.1) is 0 Å². The normalized spacial score (nSPS) is 13.4. The number of aromatic hydroxyl groups is 1. The minimum atomic E-state index is -1.06. The minimum absolute atomic E-state index is 0.00278. The molecule has 3 aromatic rings. The monoisotopic (exact) mass is 628 g/mol. The fraction of sp³-hybridized carbons (Fsp3) is 0.364. The van der Waals surface area contributed by atoms with Crippen LogP contribution in [0.3, 0.4) is 0 Å². The number of fused-ring (bicyclic) bond motifs is 1. The number of carbonyl (C=O) groups is 1. The van der Waals surface area contributed by atoms with Gasteiger partial charge in [0.1, 0.15) is 0 Å². The summed E-state index contributed by atoms with van der Waals surface area (Å²) in [7, 11) is 0. The number of aliphatic hydroxyl groups excluding tert-OH is 4. The fourth-order valence-electron chi connectivity index (χ4n) is 3.09. The number of phenolic OH excluding ortho intramolecular Hbond substituents is 1. The van der Waals surface area contributed by atoms with E-state index >= 15 is 0 Å². The molecule has 1 heterocycles. The van der Waals surface area contributed by atoms with Crippen molar-refractivity contribution in [2.75, 3.05) is 37.0 Å². The molecular weight excluding hydrogens is 602 g/mol. The van der Waals surface area contributed by atoms with E-state index in [4.69, 9.17) is 19.7 Å². The van der Waals surface area contributed by atoms with E-state index in [-0.39, 0.29) is 51.5 Å². The van der Waals surface area contributed by atoms with Gasteiger partial charge in [0.15, 0.2) is 0 Å². The molecule has 10 nitrogen and oxygen atoms in total. The van der Waals surface area contributed by atoms with E-state index in [2.05, 4.69) is 4.98 Å². The predicted molar refractivity (Wildman–Crippen MR) is 134 cm³/mol. The van der Waals surface area contributed by atoms with Crippen LogP contribution in [-0.2, 0) is 4.79 Å². The van der Waals surface area contributed by atoms with Gasteiger partial charge in [-0.15, -0.1) is 0 Å². The number of phenols is 1. The van der Waals surface area contributed by atoms with Gasteiger partial charge in [-0.2, -0.15) is 0 Å². The first-order chi connectivity index (χ1) is 16.8. The topological polar surface area (TPSA) is 168 Å². The Bertz CT molecular complexity index is 1160. The molecule has 2 atom stereocenters. The Kier molecular flexibility index (Phi) is 10.8. The van der Waals surface area contributed by atoms with E-state index in [1.165, 1.54) is 16.7 Å². The summed E-state index contributed by atoms with van der Waals surface area (Å²) in [4.78, 5) is 16.6. The molecule has 0 amide bonds. The summed E-state index contributed by atoms with van der Waals surface area (Å²) in [5.74, 6) is -0.468. The van der Waals surface area contributed by atoms with E-state index < -0.39 is 31.4 Å². The van der Waals surface area contributed by atoms with Gasteiger partial charge in [-0.05, 0) is 0 Å². The van der Waals surface area contributed by atoms with E-state index in [0.717, 1.165) is 14.2 Å². The summed E-state index contributed by atoms with van der Waals surface area (Å²) in [6, 6.07) is 11.2. The van der Waals surface area contributed by atoms with Gasteiger partial charge in [0.05, 0.1) is 0 Å². The first-order valence-corrected chi connectivity index (χ1v) is 18.7. The average molecular weight is 628 g/mol. The van der Waals surface area contributed by atoms with Crippen molar-refractivity contribution in [1.29, 1.82) is 0 Å². The molecule has 0 aliphatic rings. The molecule has 0 aliphatic heterocycles. The third-order valence-corrected chi connectivity index (χ3v) is 14.1. The Labute approximate surface area is 216 Å².